The van der Waals surface area contributed by atoms with Crippen molar-refractivity contribution in [3.05, 3.63) is 136 Å². The molecule has 0 aromatic heterocycles. The number of hydrogen-bond acceptors (Lipinski definition) is 10. The Morgan fingerprint density at radius 2 is 1.23 bits per heavy atom. The summed E-state index contributed by atoms with van der Waals surface area (Å²) in [5.74, 6) is -1.93. The number of ether oxygens (including phenoxy) is 1. The number of benzene rings is 4. The molecule has 0 bridgehead atoms. The van der Waals surface area contributed by atoms with Gasteiger partial charge in [0.05, 0.1) is 31.3 Å². The van der Waals surface area contributed by atoms with E-state index in [1.165, 1.54) is 10.5 Å². The number of para-hydroxylation sites is 1. The lowest BCUT2D eigenvalue weighted by Gasteiger charge is -2.43. The second-order valence-corrected chi connectivity index (χ2v) is 23.7. The monoisotopic (exact) mass is 1080 g/mol. The molecule has 4 aromatic rings. The quantitative estimate of drug-likeness (QED) is 0.0694. The van der Waals surface area contributed by atoms with Crippen molar-refractivity contribution in [3.8, 4) is 5.75 Å². The Kier molecular flexibility index (Phi) is 19.1. The van der Waals surface area contributed by atoms with Gasteiger partial charge in [-0.25, -0.2) is 0 Å². The number of hydrogen-bond donors (Lipinski definition) is 6. The molecular formula is C62H83N9O8. The summed E-state index contributed by atoms with van der Waals surface area (Å²) in [5.41, 5.74) is 4.45. The molecule has 2 heterocycles. The number of rotatable bonds is 18. The summed E-state index contributed by atoms with van der Waals surface area (Å²) in [6, 6.07) is 24.0. The first-order valence-electron chi connectivity index (χ1n) is 27.8. The molecular weight excluding hydrogens is 999 g/mol. The Morgan fingerprint density at radius 3 is 1.82 bits per heavy atom. The predicted molar refractivity (Wildman–Crippen MR) is 304 cm³/mol. The number of nitrogens with one attached hydrogen (secondary N) is 6. The normalized spacial score (nSPS) is 20.0. The zero-order valence-corrected chi connectivity index (χ0v) is 48.2. The topological polar surface area (TPSA) is 211 Å². The number of aryl methyl sites for hydroxylation is 1. The van der Waals surface area contributed by atoms with Gasteiger partial charge in [-0.1, -0.05) is 120 Å². The third-order valence-corrected chi connectivity index (χ3v) is 16.1. The Balaban J connectivity index is 1.16. The van der Waals surface area contributed by atoms with Gasteiger partial charge in [0.2, 0.25) is 35.4 Å². The predicted octanol–water partition coefficient (Wildman–Crippen LogP) is 5.91. The summed E-state index contributed by atoms with van der Waals surface area (Å²) in [6.07, 6.45) is 2.95. The van der Waals surface area contributed by atoms with Crippen molar-refractivity contribution in [2.75, 3.05) is 27.7 Å². The third-order valence-electron chi connectivity index (χ3n) is 16.1. The van der Waals surface area contributed by atoms with Crippen LogP contribution in [0.15, 0.2) is 97.1 Å². The Morgan fingerprint density at radius 1 is 0.671 bits per heavy atom. The summed E-state index contributed by atoms with van der Waals surface area (Å²) >= 11 is 0. The summed E-state index contributed by atoms with van der Waals surface area (Å²) in [4.78, 5) is 106. The second kappa shape index (κ2) is 25.3. The number of amides is 7. The van der Waals surface area contributed by atoms with Crippen LogP contribution in [0.4, 0.5) is 0 Å². The second-order valence-electron chi connectivity index (χ2n) is 23.7. The lowest BCUT2D eigenvalue weighted by Crippen LogP contribution is -2.62. The van der Waals surface area contributed by atoms with E-state index in [9.17, 15) is 24.0 Å². The van der Waals surface area contributed by atoms with Gasteiger partial charge in [0, 0.05) is 43.2 Å². The Labute approximate surface area is 466 Å². The zero-order chi connectivity index (χ0) is 57.5. The minimum atomic E-state index is -0.974. The van der Waals surface area contributed by atoms with Crippen molar-refractivity contribution in [2.24, 2.45) is 10.8 Å². The molecule has 17 heteroatoms. The van der Waals surface area contributed by atoms with Gasteiger partial charge in [-0.3, -0.25) is 33.6 Å². The van der Waals surface area contributed by atoms with Gasteiger partial charge in [-0.05, 0) is 117 Å². The fraction of sp³-hybridized carbons (Fsp3) is 0.500. The molecule has 1 saturated heterocycles. The van der Waals surface area contributed by atoms with Crippen molar-refractivity contribution >= 4 is 41.4 Å². The highest BCUT2D eigenvalue weighted by Gasteiger charge is 2.47. The van der Waals surface area contributed by atoms with Crippen LogP contribution in [0.1, 0.15) is 137 Å². The van der Waals surface area contributed by atoms with Gasteiger partial charge in [-0.2, -0.15) is 0 Å². The summed E-state index contributed by atoms with van der Waals surface area (Å²) in [5, 5.41) is 18.2. The van der Waals surface area contributed by atoms with Crippen LogP contribution in [0.3, 0.4) is 0 Å². The van der Waals surface area contributed by atoms with Crippen LogP contribution in [-0.4, -0.2) is 126 Å². The van der Waals surface area contributed by atoms with Gasteiger partial charge in [0.15, 0.2) is 0 Å². The first-order chi connectivity index (χ1) is 37.4. The lowest BCUT2D eigenvalue weighted by atomic mass is 9.84. The van der Waals surface area contributed by atoms with E-state index >= 15 is 9.59 Å². The molecule has 0 radical (unpaired) electrons. The molecule has 7 rings (SSSR count). The zero-order valence-electron chi connectivity index (χ0n) is 48.2. The van der Waals surface area contributed by atoms with Crippen LogP contribution >= 0.6 is 0 Å². The third kappa shape index (κ3) is 13.8. The minimum Gasteiger partial charge on any atom is -0.496 e. The van der Waals surface area contributed by atoms with Crippen LogP contribution in [-0.2, 0) is 54.7 Å². The fourth-order valence-corrected chi connectivity index (χ4v) is 11.0. The molecule has 1 fully saturated rings. The summed E-state index contributed by atoms with van der Waals surface area (Å²) < 4.78 is 5.81. The smallest absolute Gasteiger partial charge is 0.251 e. The van der Waals surface area contributed by atoms with E-state index in [2.05, 4.69) is 38.0 Å². The maximum Gasteiger partial charge on any atom is 0.251 e. The number of likely N-dealkylation sites (tertiary alicyclic amines) is 1. The Bertz CT molecular complexity index is 2860. The molecule has 424 valence electrons. The van der Waals surface area contributed by atoms with Crippen molar-refractivity contribution in [1.82, 2.24) is 46.6 Å². The standard InChI is InChI=1S/C62H83N9O8/c1-37(63-10)54(72)67-52(61(4,5)6)59(77)70-35-44-22-14-13-21-43(44)32-50(70)58(76)69(39(3)46-24-17-18-27-51(46)79-12)34-40-28-30-42(31-29-40)56(74)65-45-33-49(57(75)66-48-26-19-23-41-20-15-16-25-47(41)48)71(36-45)60(78)53(62(7,8)9)68-55(73)38(2)64-11/h13-18,20-22,24-25,27-31,37-39,45,48-50,52-53,63-64H,19,23,26,32-36H2,1-12H3,(H,65,74)(H,66,75)(H,67,72)(H,68,73)/t37-,38-,39+,45?,48+,49-,50-,52?,53+/m0/s1. The highest BCUT2D eigenvalue weighted by Crippen LogP contribution is 2.36. The molecule has 6 N–H and O–H groups in total. The van der Waals surface area contributed by atoms with E-state index in [1.807, 2.05) is 115 Å². The molecule has 4 aromatic carbocycles. The number of fused-ring (bicyclic) bond motifs is 2. The van der Waals surface area contributed by atoms with E-state index in [1.54, 1.807) is 69.1 Å². The molecule has 0 spiro atoms. The molecule has 2 aliphatic heterocycles. The summed E-state index contributed by atoms with van der Waals surface area (Å²) in [7, 11) is 4.93. The number of likely N-dealkylation sites (N-methyl/N-ethyl adjacent to an activating group) is 2. The van der Waals surface area contributed by atoms with E-state index in [4.69, 9.17) is 4.74 Å². The molecule has 17 nitrogen and oxygen atoms in total. The highest BCUT2D eigenvalue weighted by molar-refractivity contribution is 5.97. The molecule has 2 unspecified atom stereocenters. The summed E-state index contributed by atoms with van der Waals surface area (Å²) in [6.45, 7) is 16.9. The minimum absolute atomic E-state index is 0.0348. The van der Waals surface area contributed by atoms with Crippen LogP contribution in [0.2, 0.25) is 0 Å². The average Bonchev–Trinajstić information content (AvgIpc) is 4.02. The first kappa shape index (κ1) is 59.5. The van der Waals surface area contributed by atoms with E-state index in [0.717, 1.165) is 41.5 Å². The number of carbonyl (C=O) groups is 7. The van der Waals surface area contributed by atoms with E-state index in [0.29, 0.717) is 16.9 Å². The Hall–Kier alpha value is -7.11. The highest BCUT2D eigenvalue weighted by atomic mass is 16.5. The number of carbonyl (C=O) groups excluding carboxylic acids is 7. The molecule has 1 aliphatic carbocycles. The van der Waals surface area contributed by atoms with Gasteiger partial charge in [0.1, 0.15) is 29.9 Å². The SMILES string of the molecule is CN[C@@H](C)C(=O)NC(C(=O)N1Cc2ccccc2C[C@H]1C(=O)N(Cc1ccc(C(=O)NC2C[C@@H](C(=O)N[C@@H]3CCCc4ccccc43)N(C(=O)[C@@H](NC(=O)[C@H](C)NC)C(C)(C)C)C2)cc1)[C@H](C)c1ccccc1OC)C(C)(C)C. The average molecular weight is 1080 g/mol. The van der Waals surface area contributed by atoms with Crippen molar-refractivity contribution in [3.63, 3.8) is 0 Å². The molecule has 7 amide bonds. The van der Waals surface area contributed by atoms with Gasteiger partial charge in [-0.15, -0.1) is 0 Å². The van der Waals surface area contributed by atoms with Crippen molar-refractivity contribution < 1.29 is 38.3 Å². The van der Waals surface area contributed by atoms with Crippen LogP contribution in [0.5, 0.6) is 5.75 Å². The van der Waals surface area contributed by atoms with E-state index in [-0.39, 0.29) is 68.1 Å². The lowest BCUT2D eigenvalue weighted by molar-refractivity contribution is -0.152. The van der Waals surface area contributed by atoms with Crippen LogP contribution in [0, 0.1) is 10.8 Å². The van der Waals surface area contributed by atoms with Gasteiger partial charge in [0.25, 0.3) is 5.91 Å². The number of nitrogens with zero attached hydrogens (tertiary/aromatic N) is 3. The van der Waals surface area contributed by atoms with Crippen molar-refractivity contribution in [1.29, 1.82) is 0 Å². The van der Waals surface area contributed by atoms with Crippen LogP contribution < -0.4 is 36.6 Å². The van der Waals surface area contributed by atoms with E-state index < -0.39 is 71.0 Å². The van der Waals surface area contributed by atoms with Crippen molar-refractivity contribution in [2.45, 2.75) is 162 Å². The molecule has 9 atom stereocenters. The fourth-order valence-electron chi connectivity index (χ4n) is 11.0. The maximum absolute atomic E-state index is 15.6. The largest absolute Gasteiger partial charge is 0.496 e. The maximum atomic E-state index is 15.6. The molecule has 3 aliphatic rings. The number of methoxy groups -OCH3 is 1. The first-order valence-corrected chi connectivity index (χ1v) is 27.8. The molecule has 79 heavy (non-hydrogen) atoms. The van der Waals surface area contributed by atoms with Gasteiger partial charge < -0.3 is 51.3 Å². The molecule has 0 saturated carbocycles. The van der Waals surface area contributed by atoms with Crippen LogP contribution in [0.25, 0.3) is 0 Å². The van der Waals surface area contributed by atoms with Gasteiger partial charge >= 0.3 is 0 Å².